The van der Waals surface area contributed by atoms with E-state index in [1.165, 1.54) is 6.33 Å². The molecule has 1 aliphatic heterocycles. The minimum absolute atomic E-state index is 0. The SMILES string of the molecule is CCCCNC(=O)c1ccc2c(c1)N(Cc1ccc(-n3cncn3)cc1)C(=O)[C@@H](N)CS2.Cl. The van der Waals surface area contributed by atoms with E-state index in [-0.39, 0.29) is 24.2 Å². The van der Waals surface area contributed by atoms with Crippen molar-refractivity contribution < 1.29 is 9.59 Å². The molecule has 3 aromatic rings. The highest BCUT2D eigenvalue weighted by Crippen LogP contribution is 2.36. The third kappa shape index (κ3) is 5.73. The van der Waals surface area contributed by atoms with Gasteiger partial charge in [-0.15, -0.1) is 24.2 Å². The summed E-state index contributed by atoms with van der Waals surface area (Å²) < 4.78 is 1.67. The summed E-state index contributed by atoms with van der Waals surface area (Å²) in [6.45, 7) is 3.07. The molecule has 0 saturated heterocycles. The Morgan fingerprint density at radius 3 is 2.73 bits per heavy atom. The molecule has 2 heterocycles. The Hall–Kier alpha value is -2.88. The van der Waals surface area contributed by atoms with Crippen molar-refractivity contribution in [1.29, 1.82) is 0 Å². The molecule has 1 aromatic heterocycles. The zero-order valence-corrected chi connectivity index (χ0v) is 19.9. The van der Waals surface area contributed by atoms with Crippen LogP contribution in [-0.4, -0.2) is 44.9 Å². The molecule has 0 unspecified atom stereocenters. The number of aromatic nitrogens is 3. The summed E-state index contributed by atoms with van der Waals surface area (Å²) in [4.78, 5) is 32.3. The van der Waals surface area contributed by atoms with E-state index < -0.39 is 6.04 Å². The topological polar surface area (TPSA) is 106 Å². The summed E-state index contributed by atoms with van der Waals surface area (Å²) in [6.07, 6.45) is 5.05. The van der Waals surface area contributed by atoms with Gasteiger partial charge in [0.05, 0.1) is 24.0 Å². The average Bonchev–Trinajstić information content (AvgIpc) is 3.32. The first kappa shape index (κ1) is 24.8. The number of nitrogens with one attached hydrogen (secondary N) is 1. The zero-order valence-electron chi connectivity index (χ0n) is 18.3. The molecular formula is C23H27ClN6O2S. The van der Waals surface area contributed by atoms with Gasteiger partial charge >= 0.3 is 0 Å². The number of hydrogen-bond acceptors (Lipinski definition) is 6. The van der Waals surface area contributed by atoms with Crippen molar-refractivity contribution in [2.24, 2.45) is 5.73 Å². The molecule has 2 aromatic carbocycles. The molecule has 3 N–H and O–H groups in total. The number of amides is 2. The monoisotopic (exact) mass is 486 g/mol. The molecule has 0 aliphatic carbocycles. The molecule has 1 atom stereocenters. The van der Waals surface area contributed by atoms with Crippen LogP contribution in [0.3, 0.4) is 0 Å². The Balaban J connectivity index is 0.00000306. The molecule has 174 valence electrons. The number of thioether (sulfide) groups is 1. The maximum Gasteiger partial charge on any atom is 0.251 e. The number of benzene rings is 2. The lowest BCUT2D eigenvalue weighted by atomic mass is 10.1. The highest BCUT2D eigenvalue weighted by atomic mass is 35.5. The number of hydrogen-bond donors (Lipinski definition) is 2. The third-order valence-electron chi connectivity index (χ3n) is 5.29. The van der Waals surface area contributed by atoms with Crippen molar-refractivity contribution in [1.82, 2.24) is 20.1 Å². The van der Waals surface area contributed by atoms with Crippen LogP contribution < -0.4 is 16.0 Å². The molecule has 0 spiro atoms. The fraction of sp³-hybridized carbons (Fsp3) is 0.304. The summed E-state index contributed by atoms with van der Waals surface area (Å²) in [5.41, 5.74) is 9.25. The van der Waals surface area contributed by atoms with Gasteiger partial charge in [0, 0.05) is 22.8 Å². The van der Waals surface area contributed by atoms with Gasteiger partial charge in [-0.3, -0.25) is 9.59 Å². The van der Waals surface area contributed by atoms with E-state index in [4.69, 9.17) is 5.73 Å². The second-order valence-corrected chi connectivity index (χ2v) is 8.70. The van der Waals surface area contributed by atoms with Gasteiger partial charge in [-0.25, -0.2) is 9.67 Å². The normalized spacial score (nSPS) is 15.4. The van der Waals surface area contributed by atoms with Crippen molar-refractivity contribution in [2.45, 2.75) is 37.2 Å². The fourth-order valence-electron chi connectivity index (χ4n) is 3.48. The summed E-state index contributed by atoms with van der Waals surface area (Å²) in [5.74, 6) is 0.208. The van der Waals surface area contributed by atoms with E-state index in [0.717, 1.165) is 34.7 Å². The number of carbonyl (C=O) groups excluding carboxylic acids is 2. The van der Waals surface area contributed by atoms with Crippen LogP contribution in [0.1, 0.15) is 35.7 Å². The third-order valence-corrected chi connectivity index (χ3v) is 6.47. The van der Waals surface area contributed by atoms with E-state index >= 15 is 0 Å². The molecule has 33 heavy (non-hydrogen) atoms. The maximum atomic E-state index is 13.1. The molecule has 10 heteroatoms. The van der Waals surface area contributed by atoms with Gasteiger partial charge in [-0.2, -0.15) is 5.10 Å². The second kappa shape index (κ2) is 11.3. The van der Waals surface area contributed by atoms with Crippen LogP contribution >= 0.6 is 24.2 Å². The molecule has 2 amide bonds. The van der Waals surface area contributed by atoms with Gasteiger partial charge in [-0.1, -0.05) is 25.5 Å². The largest absolute Gasteiger partial charge is 0.352 e. The number of fused-ring (bicyclic) bond motifs is 1. The molecule has 8 nitrogen and oxygen atoms in total. The van der Waals surface area contributed by atoms with E-state index in [0.29, 0.717) is 24.4 Å². The molecule has 0 fully saturated rings. The van der Waals surface area contributed by atoms with Crippen LogP contribution in [0.25, 0.3) is 5.69 Å². The Bertz CT molecular complexity index is 1090. The minimum Gasteiger partial charge on any atom is -0.352 e. The lowest BCUT2D eigenvalue weighted by Crippen LogP contribution is -2.44. The molecule has 4 rings (SSSR count). The van der Waals surface area contributed by atoms with Crippen LogP contribution in [0.5, 0.6) is 0 Å². The molecule has 0 bridgehead atoms. The minimum atomic E-state index is -0.608. The van der Waals surface area contributed by atoms with Crippen molar-refractivity contribution in [3.63, 3.8) is 0 Å². The van der Waals surface area contributed by atoms with Crippen LogP contribution in [0, 0.1) is 0 Å². The first-order chi connectivity index (χ1) is 15.6. The maximum absolute atomic E-state index is 13.1. The molecular weight excluding hydrogens is 460 g/mol. The Labute approximate surface area is 203 Å². The molecule has 0 saturated carbocycles. The second-order valence-electron chi connectivity index (χ2n) is 7.64. The first-order valence-electron chi connectivity index (χ1n) is 10.6. The highest BCUT2D eigenvalue weighted by molar-refractivity contribution is 7.99. The van der Waals surface area contributed by atoms with Crippen LogP contribution in [0.2, 0.25) is 0 Å². The van der Waals surface area contributed by atoms with E-state index in [9.17, 15) is 9.59 Å². The number of unbranched alkanes of at least 4 members (excludes halogenated alkanes) is 1. The van der Waals surface area contributed by atoms with Crippen molar-refractivity contribution in [3.05, 3.63) is 66.2 Å². The summed E-state index contributed by atoms with van der Waals surface area (Å²) >= 11 is 1.54. The smallest absolute Gasteiger partial charge is 0.251 e. The highest BCUT2D eigenvalue weighted by Gasteiger charge is 2.29. The number of anilines is 1. The van der Waals surface area contributed by atoms with Gasteiger partial charge in [0.2, 0.25) is 5.91 Å². The lowest BCUT2D eigenvalue weighted by molar-refractivity contribution is -0.119. The zero-order chi connectivity index (χ0) is 22.5. The number of nitrogens with zero attached hydrogens (tertiary/aromatic N) is 4. The van der Waals surface area contributed by atoms with E-state index in [2.05, 4.69) is 22.3 Å². The number of nitrogens with two attached hydrogens (primary N) is 1. The predicted molar refractivity (Wildman–Crippen MR) is 132 cm³/mol. The number of carbonyl (C=O) groups is 2. The fourth-order valence-corrected chi connectivity index (χ4v) is 4.47. The number of halogens is 1. The summed E-state index contributed by atoms with van der Waals surface area (Å²) in [6, 6.07) is 12.7. The quantitative estimate of drug-likeness (QED) is 0.497. The Kier molecular flexibility index (Phi) is 8.49. The summed E-state index contributed by atoms with van der Waals surface area (Å²) in [7, 11) is 0. The van der Waals surface area contributed by atoms with Gasteiger partial charge < -0.3 is 16.0 Å². The van der Waals surface area contributed by atoms with Gasteiger partial charge in [0.25, 0.3) is 5.91 Å². The Morgan fingerprint density at radius 1 is 1.24 bits per heavy atom. The van der Waals surface area contributed by atoms with Gasteiger partial charge in [0.15, 0.2) is 0 Å². The van der Waals surface area contributed by atoms with E-state index in [1.807, 2.05) is 30.3 Å². The van der Waals surface area contributed by atoms with Crippen LogP contribution in [-0.2, 0) is 11.3 Å². The molecule has 0 radical (unpaired) electrons. The first-order valence-corrected chi connectivity index (χ1v) is 11.6. The van der Waals surface area contributed by atoms with Crippen LogP contribution in [0.15, 0.2) is 60.0 Å². The van der Waals surface area contributed by atoms with Gasteiger partial charge in [-0.05, 0) is 42.3 Å². The standard InChI is InChI=1S/C23H26N6O2S.ClH/c1-2-3-10-26-22(30)17-6-9-21-20(11-17)28(23(31)19(24)13-32-21)12-16-4-7-18(8-5-16)29-15-25-14-27-29;/h4-9,11,14-15,19H,2-3,10,12-13,24H2,1H3,(H,26,30);1H/t19-;/m0./s1. The number of rotatable bonds is 7. The predicted octanol–water partition coefficient (Wildman–Crippen LogP) is 3.19. The lowest BCUT2D eigenvalue weighted by Gasteiger charge is -2.25. The van der Waals surface area contributed by atoms with Crippen molar-refractivity contribution in [2.75, 3.05) is 17.2 Å². The van der Waals surface area contributed by atoms with Gasteiger partial charge in [0.1, 0.15) is 12.7 Å². The van der Waals surface area contributed by atoms with Crippen molar-refractivity contribution >= 4 is 41.7 Å². The van der Waals surface area contributed by atoms with Crippen LogP contribution in [0.4, 0.5) is 5.69 Å². The van der Waals surface area contributed by atoms with Crippen molar-refractivity contribution in [3.8, 4) is 5.69 Å². The molecule has 1 aliphatic rings. The summed E-state index contributed by atoms with van der Waals surface area (Å²) in [5, 5.41) is 7.07. The van der Waals surface area contributed by atoms with E-state index in [1.54, 1.807) is 39.8 Å². The average molecular weight is 487 g/mol. The Morgan fingerprint density at radius 2 is 2.03 bits per heavy atom.